The van der Waals surface area contributed by atoms with E-state index in [1.807, 2.05) is 0 Å². The Bertz CT molecular complexity index is 684. The fourth-order valence-electron chi connectivity index (χ4n) is 1.99. The van der Waals surface area contributed by atoms with Crippen molar-refractivity contribution in [3.05, 3.63) is 24.3 Å². The van der Waals surface area contributed by atoms with Gasteiger partial charge in [-0.3, -0.25) is 0 Å². The van der Waals surface area contributed by atoms with Crippen LogP contribution >= 0.6 is 0 Å². The number of sulfone groups is 2. The first-order chi connectivity index (χ1) is 9.21. The fraction of sp³-hybridized carbons (Fsp3) is 0.455. The summed E-state index contributed by atoms with van der Waals surface area (Å²) in [5.74, 6) is -3.33. The Morgan fingerprint density at radius 1 is 1.20 bits per heavy atom. The molecule has 20 heavy (non-hydrogen) atoms. The van der Waals surface area contributed by atoms with Crippen LogP contribution in [0.3, 0.4) is 0 Å². The lowest BCUT2D eigenvalue weighted by molar-refractivity contribution is 0.234. The molecule has 1 N–H and O–H groups in total. The molecule has 112 valence electrons. The molecule has 1 fully saturated rings. The Balaban J connectivity index is 2.10. The predicted octanol–water partition coefficient (Wildman–Crippen LogP) is 1.28. The second kappa shape index (κ2) is 5.28. The highest BCUT2D eigenvalue weighted by Crippen LogP contribution is 2.22. The number of hydrogen-bond donors (Lipinski definition) is 1. The zero-order chi connectivity index (χ0) is 15.0. The molecule has 2 rings (SSSR count). The van der Waals surface area contributed by atoms with E-state index in [9.17, 15) is 25.6 Å². The maximum atomic E-state index is 12.3. The Morgan fingerprint density at radius 3 is 2.25 bits per heavy atom. The van der Waals surface area contributed by atoms with E-state index < -0.39 is 30.3 Å². The Morgan fingerprint density at radius 2 is 1.80 bits per heavy atom. The molecular formula is C11H13F2NO4S2. The number of anilines is 1. The second-order valence-electron chi connectivity index (χ2n) is 4.57. The van der Waals surface area contributed by atoms with Crippen molar-refractivity contribution in [1.82, 2.24) is 0 Å². The number of halogens is 2. The smallest absolute Gasteiger partial charge is 0.341 e. The van der Waals surface area contributed by atoms with Crippen LogP contribution in [0.15, 0.2) is 29.2 Å². The van der Waals surface area contributed by atoms with Crippen molar-refractivity contribution < 1.29 is 25.6 Å². The highest BCUT2D eigenvalue weighted by Gasteiger charge is 2.28. The summed E-state index contributed by atoms with van der Waals surface area (Å²) in [6, 6.07) is 4.61. The van der Waals surface area contributed by atoms with Gasteiger partial charge in [-0.25, -0.2) is 16.8 Å². The molecule has 0 spiro atoms. The van der Waals surface area contributed by atoms with Crippen molar-refractivity contribution in [2.24, 2.45) is 0 Å². The first kappa shape index (κ1) is 15.2. The third kappa shape index (κ3) is 3.26. The summed E-state index contributed by atoms with van der Waals surface area (Å²) < 4.78 is 69.7. The number of alkyl halides is 2. The molecule has 1 saturated heterocycles. The van der Waals surface area contributed by atoms with Crippen molar-refractivity contribution in [3.63, 3.8) is 0 Å². The van der Waals surface area contributed by atoms with Gasteiger partial charge in [-0.05, 0) is 30.7 Å². The first-order valence-electron chi connectivity index (χ1n) is 5.80. The second-order valence-corrected chi connectivity index (χ2v) is 8.72. The molecule has 9 heteroatoms. The SMILES string of the molecule is O=S1(=O)CC[C@H](Nc2ccc(S(=O)(=O)C(F)F)cc2)C1. The summed E-state index contributed by atoms with van der Waals surface area (Å²) in [4.78, 5) is -0.461. The lowest BCUT2D eigenvalue weighted by Crippen LogP contribution is -2.20. The average Bonchev–Trinajstić information content (AvgIpc) is 2.69. The van der Waals surface area contributed by atoms with Gasteiger partial charge in [-0.2, -0.15) is 8.78 Å². The van der Waals surface area contributed by atoms with Crippen LogP contribution in [0.25, 0.3) is 0 Å². The van der Waals surface area contributed by atoms with Gasteiger partial charge in [0.2, 0.25) is 9.84 Å². The topological polar surface area (TPSA) is 80.3 Å². The maximum Gasteiger partial charge on any atom is 0.341 e. The summed E-state index contributed by atoms with van der Waals surface area (Å²) in [6.07, 6.45) is 0.472. The standard InChI is InChI=1S/C11H13F2NO4S2/c12-11(13)20(17,18)10-3-1-8(2-4-10)14-9-5-6-19(15,16)7-9/h1-4,9,11,14H,5-7H2/t9-/m0/s1. The molecule has 1 aliphatic heterocycles. The number of benzene rings is 1. The van der Waals surface area contributed by atoms with E-state index in [0.29, 0.717) is 12.1 Å². The number of rotatable bonds is 4. The minimum absolute atomic E-state index is 0.0179. The summed E-state index contributed by atoms with van der Waals surface area (Å²) >= 11 is 0. The quantitative estimate of drug-likeness (QED) is 0.902. The molecule has 1 aromatic rings. The molecule has 0 unspecified atom stereocenters. The molecular weight excluding hydrogens is 312 g/mol. The number of hydrogen-bond acceptors (Lipinski definition) is 5. The van der Waals surface area contributed by atoms with Crippen LogP contribution in [-0.2, 0) is 19.7 Å². The van der Waals surface area contributed by atoms with Crippen LogP contribution in [0.1, 0.15) is 6.42 Å². The van der Waals surface area contributed by atoms with Gasteiger partial charge in [0.25, 0.3) is 0 Å². The minimum atomic E-state index is -4.60. The third-order valence-electron chi connectivity index (χ3n) is 3.02. The zero-order valence-corrected chi connectivity index (χ0v) is 11.9. The summed E-state index contributed by atoms with van der Waals surface area (Å²) in [6.45, 7) is 0. The van der Waals surface area contributed by atoms with Crippen LogP contribution in [-0.4, -0.2) is 40.1 Å². The van der Waals surface area contributed by atoms with Crippen LogP contribution in [0.5, 0.6) is 0 Å². The highest BCUT2D eigenvalue weighted by atomic mass is 32.2. The molecule has 0 amide bonds. The zero-order valence-electron chi connectivity index (χ0n) is 10.3. The lowest BCUT2D eigenvalue weighted by atomic mass is 10.2. The molecule has 1 aliphatic rings. The summed E-state index contributed by atoms with van der Waals surface area (Å²) in [5.41, 5.74) is 0.500. The lowest BCUT2D eigenvalue weighted by Gasteiger charge is -2.12. The molecule has 0 radical (unpaired) electrons. The molecule has 1 atom stereocenters. The van der Waals surface area contributed by atoms with E-state index in [0.717, 1.165) is 12.1 Å². The van der Waals surface area contributed by atoms with Gasteiger partial charge in [0.05, 0.1) is 16.4 Å². The van der Waals surface area contributed by atoms with Gasteiger partial charge in [-0.1, -0.05) is 0 Å². The van der Waals surface area contributed by atoms with Gasteiger partial charge in [-0.15, -0.1) is 0 Å². The van der Waals surface area contributed by atoms with E-state index >= 15 is 0 Å². The Labute approximate surface area is 115 Å². The highest BCUT2D eigenvalue weighted by molar-refractivity contribution is 7.92. The fourth-order valence-corrected chi connectivity index (χ4v) is 4.38. The molecule has 0 aromatic heterocycles. The van der Waals surface area contributed by atoms with Gasteiger partial charge in [0, 0.05) is 11.7 Å². The maximum absolute atomic E-state index is 12.3. The Hall–Kier alpha value is -1.22. The van der Waals surface area contributed by atoms with Crippen molar-refractivity contribution in [2.45, 2.75) is 23.1 Å². The number of nitrogens with one attached hydrogen (secondary N) is 1. The van der Waals surface area contributed by atoms with E-state index in [4.69, 9.17) is 0 Å². The molecule has 5 nitrogen and oxygen atoms in total. The van der Waals surface area contributed by atoms with E-state index in [2.05, 4.69) is 5.32 Å². The van der Waals surface area contributed by atoms with Crippen molar-refractivity contribution in [1.29, 1.82) is 0 Å². The van der Waals surface area contributed by atoms with Crippen molar-refractivity contribution in [2.75, 3.05) is 16.8 Å². The molecule has 0 aliphatic carbocycles. The predicted molar refractivity (Wildman–Crippen MR) is 70.3 cm³/mol. The van der Waals surface area contributed by atoms with Gasteiger partial charge < -0.3 is 5.32 Å². The third-order valence-corrected chi connectivity index (χ3v) is 6.19. The monoisotopic (exact) mass is 325 g/mol. The summed E-state index contributed by atoms with van der Waals surface area (Å²) in [7, 11) is -7.61. The molecule has 0 bridgehead atoms. The van der Waals surface area contributed by atoms with Gasteiger partial charge >= 0.3 is 5.76 Å². The average molecular weight is 325 g/mol. The minimum Gasteiger partial charge on any atom is -0.381 e. The van der Waals surface area contributed by atoms with Crippen LogP contribution in [0, 0.1) is 0 Å². The van der Waals surface area contributed by atoms with E-state index in [1.54, 1.807) is 0 Å². The van der Waals surface area contributed by atoms with Crippen LogP contribution < -0.4 is 5.32 Å². The molecule has 1 aromatic carbocycles. The van der Waals surface area contributed by atoms with Crippen LogP contribution in [0.2, 0.25) is 0 Å². The van der Waals surface area contributed by atoms with Crippen molar-refractivity contribution >= 4 is 25.4 Å². The molecule has 0 saturated carbocycles. The van der Waals surface area contributed by atoms with Gasteiger partial charge in [0.15, 0.2) is 9.84 Å². The van der Waals surface area contributed by atoms with Crippen molar-refractivity contribution in [3.8, 4) is 0 Å². The largest absolute Gasteiger partial charge is 0.381 e. The first-order valence-corrected chi connectivity index (χ1v) is 9.16. The van der Waals surface area contributed by atoms with Gasteiger partial charge in [0.1, 0.15) is 0 Å². The normalized spacial score (nSPS) is 22.1. The molecule has 1 heterocycles. The Kier molecular flexibility index (Phi) is 4.01. The van der Waals surface area contributed by atoms with E-state index in [-0.39, 0.29) is 17.5 Å². The summed E-state index contributed by atoms with van der Waals surface area (Å²) in [5, 5.41) is 2.94. The van der Waals surface area contributed by atoms with Crippen LogP contribution in [0.4, 0.5) is 14.5 Å². The van der Waals surface area contributed by atoms with E-state index in [1.165, 1.54) is 12.1 Å².